The quantitative estimate of drug-likeness (QED) is 0.377. The Balaban J connectivity index is 1.88. The predicted molar refractivity (Wildman–Crippen MR) is 149 cm³/mol. The van der Waals surface area contributed by atoms with Crippen LogP contribution in [0.2, 0.25) is 0 Å². The van der Waals surface area contributed by atoms with Crippen LogP contribution < -0.4 is 0 Å². The summed E-state index contributed by atoms with van der Waals surface area (Å²) >= 11 is 0. The van der Waals surface area contributed by atoms with Gasteiger partial charge in [0.1, 0.15) is 0 Å². The Morgan fingerprint density at radius 3 is 1.07 bits per heavy atom. The first-order valence-corrected chi connectivity index (χ1v) is 14.1. The van der Waals surface area contributed by atoms with Crippen LogP contribution in [0.5, 0.6) is 0 Å². The summed E-state index contributed by atoms with van der Waals surface area (Å²) in [4.78, 5) is 48.5. The fraction of sp³-hybridized carbons (Fsp3) is 0.929. The number of piperazine rings is 2. The highest BCUT2D eigenvalue weighted by atomic mass is 16.7. The van der Waals surface area contributed by atoms with Crippen molar-refractivity contribution >= 4 is 11.9 Å². The van der Waals surface area contributed by atoms with Crippen molar-refractivity contribution in [3.05, 3.63) is 0 Å². The zero-order chi connectivity index (χ0) is 30.9. The van der Waals surface area contributed by atoms with Crippen molar-refractivity contribution in [2.45, 2.75) is 129 Å². The summed E-state index contributed by atoms with van der Waals surface area (Å²) in [5, 5.41) is 27.1. The number of rotatable bonds is 11. The lowest BCUT2D eigenvalue weighted by Gasteiger charge is -2.54. The van der Waals surface area contributed by atoms with Crippen molar-refractivity contribution in [3.63, 3.8) is 0 Å². The van der Waals surface area contributed by atoms with E-state index in [-0.39, 0.29) is 26.1 Å². The maximum absolute atomic E-state index is 12.7. The summed E-state index contributed by atoms with van der Waals surface area (Å²) < 4.78 is 0. The van der Waals surface area contributed by atoms with E-state index >= 15 is 0 Å². The second-order valence-corrected chi connectivity index (χ2v) is 15.0. The lowest BCUT2D eigenvalue weighted by Crippen LogP contribution is -2.68. The number of carbonyl (C=O) groups excluding carboxylic acids is 2. The third-order valence-corrected chi connectivity index (χ3v) is 6.54. The molecule has 12 nitrogen and oxygen atoms in total. The van der Waals surface area contributed by atoms with Crippen LogP contribution in [0.1, 0.15) is 95.9 Å². The summed E-state index contributed by atoms with van der Waals surface area (Å²) in [5.41, 5.74) is -3.99. The van der Waals surface area contributed by atoms with Crippen LogP contribution >= 0.6 is 0 Å². The largest absolute Gasteiger partial charge is 0.388 e. The molecule has 2 N–H and O–H groups in total. The molecule has 2 rings (SSSR count). The fourth-order valence-corrected chi connectivity index (χ4v) is 5.59. The molecule has 2 aliphatic rings. The molecule has 0 amide bonds. The molecule has 234 valence electrons. The van der Waals surface area contributed by atoms with Crippen LogP contribution in [0.25, 0.3) is 0 Å². The first kappa shape index (κ1) is 34.8. The highest BCUT2D eigenvalue weighted by Crippen LogP contribution is 2.34. The molecule has 40 heavy (non-hydrogen) atoms. The first-order valence-electron chi connectivity index (χ1n) is 14.1. The third kappa shape index (κ3) is 10.2. The Kier molecular flexibility index (Phi) is 10.5. The van der Waals surface area contributed by atoms with Gasteiger partial charge in [-0.3, -0.25) is 19.3 Å². The zero-order valence-electron chi connectivity index (χ0n) is 26.8. The highest BCUT2D eigenvalue weighted by Gasteiger charge is 2.49. The third-order valence-electron chi connectivity index (χ3n) is 6.54. The molecular formula is C28H54N4O8. The minimum Gasteiger partial charge on any atom is -0.388 e. The van der Waals surface area contributed by atoms with Gasteiger partial charge in [-0.1, -0.05) is 0 Å². The Morgan fingerprint density at radius 1 is 0.600 bits per heavy atom. The number of hydrogen-bond acceptors (Lipinski definition) is 12. The predicted octanol–water partition coefficient (Wildman–Crippen LogP) is 2.44. The molecular weight excluding hydrogens is 520 g/mol. The number of carbonyl (C=O) groups is 2. The number of hydroxylamine groups is 8. The van der Waals surface area contributed by atoms with Gasteiger partial charge in [-0.05, 0) is 83.1 Å². The number of aliphatic hydroxyl groups is 2. The smallest absolute Gasteiger partial charge is 0.325 e. The van der Waals surface area contributed by atoms with Crippen LogP contribution in [0.3, 0.4) is 0 Å². The molecule has 0 aromatic heterocycles. The average molecular weight is 575 g/mol. The summed E-state index contributed by atoms with van der Waals surface area (Å²) in [7, 11) is 0. The molecule has 0 aliphatic carbocycles. The molecule has 0 aromatic carbocycles. The van der Waals surface area contributed by atoms with E-state index in [1.807, 2.05) is 65.5 Å². The van der Waals surface area contributed by atoms with E-state index in [4.69, 9.17) is 19.4 Å². The Labute approximate surface area is 240 Å². The van der Waals surface area contributed by atoms with Crippen LogP contribution in [-0.2, 0) is 28.9 Å². The van der Waals surface area contributed by atoms with E-state index in [9.17, 15) is 19.8 Å². The first-order chi connectivity index (χ1) is 17.8. The zero-order valence-corrected chi connectivity index (χ0v) is 26.8. The SMILES string of the molecule is CC(C)(O)CON1C(C)(C)CN(OC(=O)CCC(=O)ON2CC(C)(C)N(OCC(C)(C)O)C(C)(C)C2)CC1(C)C. The van der Waals surface area contributed by atoms with Gasteiger partial charge in [0.25, 0.3) is 0 Å². The minimum absolute atomic E-state index is 0.115. The minimum atomic E-state index is -0.978. The standard InChI is InChI=1S/C28H54N4O8/c1-23(2)15-29(16-24(3,4)31(23)37-19-27(9,10)35)39-21(33)13-14-22(34)40-30-17-25(5,6)32(26(7,8)18-30)38-20-28(11,12)36/h35-36H,13-20H2,1-12H3. The van der Waals surface area contributed by atoms with Gasteiger partial charge in [-0.15, -0.1) is 10.1 Å². The molecule has 2 fully saturated rings. The van der Waals surface area contributed by atoms with E-state index < -0.39 is 45.3 Å². The van der Waals surface area contributed by atoms with E-state index in [0.29, 0.717) is 26.2 Å². The molecule has 2 aliphatic heterocycles. The van der Waals surface area contributed by atoms with Crippen molar-refractivity contribution in [2.75, 3.05) is 39.4 Å². The van der Waals surface area contributed by atoms with Gasteiger partial charge in [0, 0.05) is 0 Å². The van der Waals surface area contributed by atoms with Gasteiger partial charge < -0.3 is 19.9 Å². The molecule has 0 unspecified atom stereocenters. The number of nitrogens with zero attached hydrogens (tertiary/aromatic N) is 4. The molecule has 0 saturated carbocycles. The summed E-state index contributed by atoms with van der Waals surface area (Å²) in [6.45, 7) is 24.4. The molecule has 0 atom stereocenters. The van der Waals surface area contributed by atoms with Crippen molar-refractivity contribution < 1.29 is 39.2 Å². The Hall–Kier alpha value is -1.38. The molecule has 0 radical (unpaired) electrons. The lowest BCUT2D eigenvalue weighted by atomic mass is 9.91. The second kappa shape index (κ2) is 12.1. The lowest BCUT2D eigenvalue weighted by molar-refractivity contribution is -0.332. The molecule has 0 bridgehead atoms. The normalized spacial score (nSPS) is 24.1. The molecule has 0 spiro atoms. The average Bonchev–Trinajstić information content (AvgIpc) is 2.66. The Bertz CT molecular complexity index is 784. The van der Waals surface area contributed by atoms with Crippen molar-refractivity contribution in [2.24, 2.45) is 0 Å². The monoisotopic (exact) mass is 574 g/mol. The molecule has 2 saturated heterocycles. The van der Waals surface area contributed by atoms with Gasteiger partial charge in [0.2, 0.25) is 0 Å². The van der Waals surface area contributed by atoms with Crippen molar-refractivity contribution in [1.29, 1.82) is 0 Å². The summed E-state index contributed by atoms with van der Waals surface area (Å²) in [6, 6.07) is 0. The van der Waals surface area contributed by atoms with Crippen molar-refractivity contribution in [3.8, 4) is 0 Å². The molecule has 2 heterocycles. The van der Waals surface area contributed by atoms with Crippen LogP contribution in [0.4, 0.5) is 0 Å². The van der Waals surface area contributed by atoms with Crippen LogP contribution in [0, 0.1) is 0 Å². The second-order valence-electron chi connectivity index (χ2n) is 15.0. The molecule has 0 aromatic rings. The number of hydrogen-bond donors (Lipinski definition) is 2. The maximum atomic E-state index is 12.7. The van der Waals surface area contributed by atoms with Gasteiger partial charge >= 0.3 is 11.9 Å². The maximum Gasteiger partial charge on any atom is 0.325 e. The van der Waals surface area contributed by atoms with E-state index in [0.717, 1.165) is 0 Å². The highest BCUT2D eigenvalue weighted by molar-refractivity contribution is 5.77. The van der Waals surface area contributed by atoms with Crippen molar-refractivity contribution in [1.82, 2.24) is 20.3 Å². The summed E-state index contributed by atoms with van der Waals surface area (Å²) in [6.07, 6.45) is -0.229. The molecule has 12 heteroatoms. The van der Waals surface area contributed by atoms with Crippen LogP contribution in [0.15, 0.2) is 0 Å². The fourth-order valence-electron chi connectivity index (χ4n) is 5.59. The summed E-state index contributed by atoms with van der Waals surface area (Å²) in [5.74, 6) is -1.03. The van der Waals surface area contributed by atoms with Gasteiger partial charge in [0.15, 0.2) is 0 Å². The Morgan fingerprint density at radius 2 is 0.850 bits per heavy atom. The van der Waals surface area contributed by atoms with E-state index in [2.05, 4.69) is 0 Å². The van der Waals surface area contributed by atoms with E-state index in [1.165, 1.54) is 0 Å². The van der Waals surface area contributed by atoms with Gasteiger partial charge in [0.05, 0.1) is 85.6 Å². The van der Waals surface area contributed by atoms with E-state index in [1.54, 1.807) is 37.8 Å². The topological polar surface area (TPSA) is 124 Å². The van der Waals surface area contributed by atoms with Gasteiger partial charge in [-0.25, -0.2) is 0 Å². The van der Waals surface area contributed by atoms with Gasteiger partial charge in [-0.2, -0.15) is 10.1 Å². The van der Waals surface area contributed by atoms with Crippen LogP contribution in [-0.4, -0.2) is 115 Å².